The van der Waals surface area contributed by atoms with Crippen LogP contribution in [0.3, 0.4) is 0 Å². The standard InChI is InChI=1S/C15H23NO3/c1-15(2,18-3)9-10-19-14(17)8-7-12-5-4-6-13(16)11-12/h4-6,11H,7-10,16H2,1-3H3. The highest BCUT2D eigenvalue weighted by Gasteiger charge is 2.16. The van der Waals surface area contributed by atoms with E-state index in [2.05, 4.69) is 0 Å². The van der Waals surface area contributed by atoms with Crippen LogP contribution in [-0.4, -0.2) is 25.3 Å². The summed E-state index contributed by atoms with van der Waals surface area (Å²) >= 11 is 0. The lowest BCUT2D eigenvalue weighted by Gasteiger charge is -2.22. The van der Waals surface area contributed by atoms with Crippen molar-refractivity contribution in [2.75, 3.05) is 19.5 Å². The Hall–Kier alpha value is -1.55. The van der Waals surface area contributed by atoms with Gasteiger partial charge in [-0.2, -0.15) is 0 Å². The van der Waals surface area contributed by atoms with Crippen LogP contribution in [0, 0.1) is 0 Å². The van der Waals surface area contributed by atoms with Crippen molar-refractivity contribution < 1.29 is 14.3 Å². The summed E-state index contributed by atoms with van der Waals surface area (Å²) in [6, 6.07) is 7.55. The molecule has 0 spiro atoms. The average Bonchev–Trinajstić information content (AvgIpc) is 2.36. The molecule has 0 radical (unpaired) electrons. The van der Waals surface area contributed by atoms with Gasteiger partial charge in [0.05, 0.1) is 12.2 Å². The first kappa shape index (κ1) is 15.5. The average molecular weight is 265 g/mol. The number of hydrogen-bond acceptors (Lipinski definition) is 4. The number of rotatable bonds is 7. The quantitative estimate of drug-likeness (QED) is 0.608. The fraction of sp³-hybridized carbons (Fsp3) is 0.533. The Morgan fingerprint density at radius 1 is 1.37 bits per heavy atom. The highest BCUT2D eigenvalue weighted by Crippen LogP contribution is 2.13. The molecule has 0 atom stereocenters. The van der Waals surface area contributed by atoms with Crippen molar-refractivity contribution in [1.29, 1.82) is 0 Å². The maximum Gasteiger partial charge on any atom is 0.306 e. The van der Waals surface area contributed by atoms with E-state index in [-0.39, 0.29) is 11.6 Å². The molecule has 0 fully saturated rings. The summed E-state index contributed by atoms with van der Waals surface area (Å²) in [5.74, 6) is -0.186. The molecule has 1 aromatic carbocycles. The van der Waals surface area contributed by atoms with Gasteiger partial charge in [-0.1, -0.05) is 12.1 Å². The zero-order chi connectivity index (χ0) is 14.3. The van der Waals surface area contributed by atoms with Gasteiger partial charge in [0.2, 0.25) is 0 Å². The van der Waals surface area contributed by atoms with E-state index in [4.69, 9.17) is 15.2 Å². The molecular formula is C15H23NO3. The molecule has 4 nitrogen and oxygen atoms in total. The third-order valence-electron chi connectivity index (χ3n) is 3.09. The molecule has 0 saturated heterocycles. The van der Waals surface area contributed by atoms with Crippen molar-refractivity contribution in [2.45, 2.75) is 38.7 Å². The summed E-state index contributed by atoms with van der Waals surface area (Å²) in [4.78, 5) is 11.6. The Bertz CT molecular complexity index is 416. The lowest BCUT2D eigenvalue weighted by molar-refractivity contribution is -0.145. The Labute approximate surface area is 114 Å². The van der Waals surface area contributed by atoms with Gasteiger partial charge in [-0.3, -0.25) is 4.79 Å². The van der Waals surface area contributed by atoms with Crippen LogP contribution in [-0.2, 0) is 20.7 Å². The molecule has 0 heterocycles. The number of benzene rings is 1. The molecule has 0 aliphatic heterocycles. The van der Waals surface area contributed by atoms with E-state index in [1.54, 1.807) is 7.11 Å². The number of aryl methyl sites for hydroxylation is 1. The number of esters is 1. The van der Waals surface area contributed by atoms with Crippen molar-refractivity contribution >= 4 is 11.7 Å². The first-order valence-corrected chi connectivity index (χ1v) is 6.48. The molecule has 4 heteroatoms. The summed E-state index contributed by atoms with van der Waals surface area (Å²) in [5, 5.41) is 0. The van der Waals surface area contributed by atoms with Crippen LogP contribution in [0.2, 0.25) is 0 Å². The maximum absolute atomic E-state index is 11.6. The van der Waals surface area contributed by atoms with E-state index in [0.717, 1.165) is 5.56 Å². The van der Waals surface area contributed by atoms with Gasteiger partial charge in [-0.05, 0) is 38.0 Å². The van der Waals surface area contributed by atoms with Crippen LogP contribution in [0.5, 0.6) is 0 Å². The smallest absolute Gasteiger partial charge is 0.306 e. The van der Waals surface area contributed by atoms with Crippen LogP contribution in [0.15, 0.2) is 24.3 Å². The summed E-state index contributed by atoms with van der Waals surface area (Å²) in [5.41, 5.74) is 7.19. The third-order valence-corrected chi connectivity index (χ3v) is 3.09. The minimum atomic E-state index is -0.256. The monoisotopic (exact) mass is 265 g/mol. The fourth-order valence-electron chi connectivity index (χ4n) is 1.58. The predicted octanol–water partition coefficient (Wildman–Crippen LogP) is 2.56. The second kappa shape index (κ2) is 7.14. The Morgan fingerprint density at radius 2 is 2.11 bits per heavy atom. The minimum Gasteiger partial charge on any atom is -0.466 e. The zero-order valence-corrected chi connectivity index (χ0v) is 11.9. The molecule has 0 aromatic heterocycles. The second-order valence-corrected chi connectivity index (χ2v) is 5.18. The lowest BCUT2D eigenvalue weighted by Crippen LogP contribution is -2.25. The van der Waals surface area contributed by atoms with Crippen LogP contribution in [0.25, 0.3) is 0 Å². The van der Waals surface area contributed by atoms with Gasteiger partial charge in [-0.15, -0.1) is 0 Å². The molecule has 1 aromatic rings. The van der Waals surface area contributed by atoms with Gasteiger partial charge >= 0.3 is 5.97 Å². The summed E-state index contributed by atoms with van der Waals surface area (Å²) in [6.45, 7) is 4.32. The van der Waals surface area contributed by atoms with Crippen LogP contribution in [0.1, 0.15) is 32.3 Å². The number of nitrogen functional groups attached to an aromatic ring is 1. The van der Waals surface area contributed by atoms with Gasteiger partial charge in [0.25, 0.3) is 0 Å². The minimum absolute atomic E-state index is 0.186. The van der Waals surface area contributed by atoms with Gasteiger partial charge in [-0.25, -0.2) is 0 Å². The molecule has 19 heavy (non-hydrogen) atoms. The molecule has 0 amide bonds. The Kier molecular flexibility index (Phi) is 5.83. The van der Waals surface area contributed by atoms with Crippen molar-refractivity contribution in [3.63, 3.8) is 0 Å². The highest BCUT2D eigenvalue weighted by atomic mass is 16.5. The molecule has 0 aliphatic carbocycles. The molecule has 0 aliphatic rings. The lowest BCUT2D eigenvalue weighted by atomic mass is 10.1. The van der Waals surface area contributed by atoms with Gasteiger partial charge in [0, 0.05) is 25.6 Å². The zero-order valence-electron chi connectivity index (χ0n) is 11.9. The molecule has 1 rings (SSSR count). The summed E-state index contributed by atoms with van der Waals surface area (Å²) < 4.78 is 10.4. The van der Waals surface area contributed by atoms with Crippen LogP contribution in [0.4, 0.5) is 5.69 Å². The number of anilines is 1. The van der Waals surface area contributed by atoms with Crippen molar-refractivity contribution in [3.05, 3.63) is 29.8 Å². The molecule has 0 bridgehead atoms. The summed E-state index contributed by atoms with van der Waals surface area (Å²) in [7, 11) is 1.65. The van der Waals surface area contributed by atoms with Gasteiger partial charge in [0.1, 0.15) is 0 Å². The Morgan fingerprint density at radius 3 is 2.74 bits per heavy atom. The van der Waals surface area contributed by atoms with Crippen molar-refractivity contribution in [2.24, 2.45) is 0 Å². The largest absolute Gasteiger partial charge is 0.466 e. The van der Waals surface area contributed by atoms with Gasteiger partial charge < -0.3 is 15.2 Å². The first-order valence-electron chi connectivity index (χ1n) is 6.48. The number of hydrogen-bond donors (Lipinski definition) is 1. The molecule has 2 N–H and O–H groups in total. The topological polar surface area (TPSA) is 61.5 Å². The van der Waals surface area contributed by atoms with E-state index in [0.29, 0.717) is 31.6 Å². The number of nitrogens with two attached hydrogens (primary N) is 1. The van der Waals surface area contributed by atoms with E-state index in [1.165, 1.54) is 0 Å². The number of ether oxygens (including phenoxy) is 2. The van der Waals surface area contributed by atoms with Crippen LogP contribution >= 0.6 is 0 Å². The van der Waals surface area contributed by atoms with E-state index < -0.39 is 0 Å². The van der Waals surface area contributed by atoms with Crippen molar-refractivity contribution in [3.8, 4) is 0 Å². The van der Waals surface area contributed by atoms with E-state index in [1.807, 2.05) is 38.1 Å². The van der Waals surface area contributed by atoms with Crippen molar-refractivity contribution in [1.82, 2.24) is 0 Å². The Balaban J connectivity index is 2.25. The first-order chi connectivity index (χ1) is 8.93. The predicted molar refractivity (Wildman–Crippen MR) is 75.8 cm³/mol. The fourth-order valence-corrected chi connectivity index (χ4v) is 1.58. The number of carbonyl (C=O) groups excluding carboxylic acids is 1. The number of methoxy groups -OCH3 is 1. The SMILES string of the molecule is COC(C)(C)CCOC(=O)CCc1cccc(N)c1. The number of carbonyl (C=O) groups is 1. The van der Waals surface area contributed by atoms with Crippen LogP contribution < -0.4 is 5.73 Å². The van der Waals surface area contributed by atoms with E-state index in [9.17, 15) is 4.79 Å². The molecule has 106 valence electrons. The van der Waals surface area contributed by atoms with E-state index >= 15 is 0 Å². The molecular weight excluding hydrogens is 242 g/mol. The third kappa shape index (κ3) is 6.25. The normalized spacial score (nSPS) is 11.3. The molecule has 0 saturated carbocycles. The summed E-state index contributed by atoms with van der Waals surface area (Å²) in [6.07, 6.45) is 1.71. The molecule has 0 unspecified atom stereocenters. The van der Waals surface area contributed by atoms with Gasteiger partial charge in [0.15, 0.2) is 0 Å². The maximum atomic E-state index is 11.6. The second-order valence-electron chi connectivity index (χ2n) is 5.18. The highest BCUT2D eigenvalue weighted by molar-refractivity contribution is 5.69.